The van der Waals surface area contributed by atoms with E-state index in [1.54, 1.807) is 6.08 Å². The highest BCUT2D eigenvalue weighted by atomic mass is 16.1. The van der Waals surface area contributed by atoms with Gasteiger partial charge in [-0.25, -0.2) is 0 Å². The molecule has 1 nitrogen and oxygen atoms in total. The normalized spacial score (nSPS) is 35.0. The molecule has 0 radical (unpaired) electrons. The molecule has 0 aliphatic heterocycles. The minimum absolute atomic E-state index is 0.0589. The Morgan fingerprint density at radius 1 is 1.12 bits per heavy atom. The molecule has 0 unspecified atom stereocenters. The molecule has 1 heteroatoms. The number of rotatable bonds is 1. The summed E-state index contributed by atoms with van der Waals surface area (Å²) in [5.41, 5.74) is 1.39. The molecule has 17 heavy (non-hydrogen) atoms. The van der Waals surface area contributed by atoms with Gasteiger partial charge < -0.3 is 0 Å². The lowest BCUT2D eigenvalue weighted by molar-refractivity contribution is -0.117. The standard InChI is InChI=1S/C16H16O/c1-16(13-5-3-2-4-6-13)11-12-7-8-14(16)9-10-15(12)17/h2-10,12,14H,11H2,1H3/t12-,14+,16+/m1/s1. The summed E-state index contributed by atoms with van der Waals surface area (Å²) < 4.78 is 0. The van der Waals surface area contributed by atoms with Crippen molar-refractivity contribution in [2.24, 2.45) is 11.8 Å². The van der Waals surface area contributed by atoms with Crippen molar-refractivity contribution in [1.29, 1.82) is 0 Å². The predicted molar refractivity (Wildman–Crippen MR) is 68.7 cm³/mol. The largest absolute Gasteiger partial charge is 0.294 e. The monoisotopic (exact) mass is 224 g/mol. The lowest BCUT2D eigenvalue weighted by Gasteiger charge is -2.38. The average Bonchev–Trinajstić information content (AvgIpc) is 2.61. The Kier molecular flexibility index (Phi) is 2.29. The van der Waals surface area contributed by atoms with Crippen molar-refractivity contribution in [3.63, 3.8) is 0 Å². The smallest absolute Gasteiger partial charge is 0.162 e. The van der Waals surface area contributed by atoms with Gasteiger partial charge in [0.1, 0.15) is 0 Å². The van der Waals surface area contributed by atoms with Crippen molar-refractivity contribution in [3.05, 3.63) is 60.2 Å². The Balaban J connectivity index is 2.08. The third-order valence-corrected chi connectivity index (χ3v) is 4.20. The second-order valence-corrected chi connectivity index (χ2v) is 5.27. The molecule has 3 aliphatic rings. The van der Waals surface area contributed by atoms with Gasteiger partial charge in [-0.15, -0.1) is 0 Å². The van der Waals surface area contributed by atoms with Crippen LogP contribution >= 0.6 is 0 Å². The zero-order chi connectivity index (χ0) is 11.9. The summed E-state index contributed by atoms with van der Waals surface area (Å²) in [6, 6.07) is 10.5. The summed E-state index contributed by atoms with van der Waals surface area (Å²) in [4.78, 5) is 11.9. The molecule has 0 amide bonds. The Morgan fingerprint density at radius 3 is 2.65 bits per heavy atom. The van der Waals surface area contributed by atoms with E-state index in [-0.39, 0.29) is 17.1 Å². The zero-order valence-corrected chi connectivity index (χ0v) is 9.97. The van der Waals surface area contributed by atoms with Crippen LogP contribution in [-0.4, -0.2) is 5.78 Å². The van der Waals surface area contributed by atoms with E-state index in [2.05, 4.69) is 49.4 Å². The molecule has 0 fully saturated rings. The predicted octanol–water partition coefficient (Wildman–Crippen LogP) is 3.28. The minimum Gasteiger partial charge on any atom is -0.294 e. The number of carbonyl (C=O) groups is 1. The van der Waals surface area contributed by atoms with E-state index in [0.29, 0.717) is 5.92 Å². The second kappa shape index (κ2) is 3.69. The Bertz CT molecular complexity index is 498. The molecule has 0 saturated carbocycles. The van der Waals surface area contributed by atoms with Gasteiger partial charge in [0.25, 0.3) is 0 Å². The number of benzene rings is 1. The lowest BCUT2D eigenvalue weighted by atomic mass is 9.65. The molecular weight excluding hydrogens is 208 g/mol. The zero-order valence-electron chi connectivity index (χ0n) is 9.97. The minimum atomic E-state index is 0.0589. The summed E-state index contributed by atoms with van der Waals surface area (Å²) in [6.07, 6.45) is 9.03. The third-order valence-electron chi connectivity index (χ3n) is 4.20. The number of ketones is 1. The van der Waals surface area contributed by atoms with Crippen LogP contribution in [0.3, 0.4) is 0 Å². The molecule has 0 heterocycles. The van der Waals surface area contributed by atoms with Crippen LogP contribution in [0.1, 0.15) is 18.9 Å². The maximum Gasteiger partial charge on any atom is 0.162 e. The maximum absolute atomic E-state index is 11.9. The summed E-state index contributed by atoms with van der Waals surface area (Å²) >= 11 is 0. The fraction of sp³-hybridized carbons (Fsp3) is 0.312. The second-order valence-electron chi connectivity index (χ2n) is 5.27. The molecule has 3 atom stereocenters. The van der Waals surface area contributed by atoms with Crippen LogP contribution in [0, 0.1) is 11.8 Å². The van der Waals surface area contributed by atoms with Crippen LogP contribution in [0.15, 0.2) is 54.6 Å². The van der Waals surface area contributed by atoms with Crippen LogP contribution < -0.4 is 0 Å². The van der Waals surface area contributed by atoms with Crippen LogP contribution in [0.4, 0.5) is 0 Å². The van der Waals surface area contributed by atoms with Gasteiger partial charge in [0.2, 0.25) is 0 Å². The number of hydrogen-bond acceptors (Lipinski definition) is 1. The average molecular weight is 224 g/mol. The van der Waals surface area contributed by atoms with Gasteiger partial charge in [-0.05, 0) is 18.1 Å². The number of hydrogen-bond donors (Lipinski definition) is 0. The summed E-state index contributed by atoms with van der Waals surface area (Å²) in [5.74, 6) is 0.659. The van der Waals surface area contributed by atoms with Crippen molar-refractivity contribution >= 4 is 5.78 Å². The van der Waals surface area contributed by atoms with E-state index < -0.39 is 0 Å². The fourth-order valence-corrected chi connectivity index (χ4v) is 3.05. The summed E-state index contributed by atoms with van der Waals surface area (Å²) in [7, 11) is 0. The maximum atomic E-state index is 11.9. The summed E-state index contributed by atoms with van der Waals surface area (Å²) in [5, 5.41) is 0. The Hall–Kier alpha value is -1.63. The highest BCUT2D eigenvalue weighted by Crippen LogP contribution is 2.45. The first-order valence-electron chi connectivity index (χ1n) is 6.16. The van der Waals surface area contributed by atoms with Gasteiger partial charge in [0.05, 0.1) is 0 Å². The first-order valence-corrected chi connectivity index (χ1v) is 6.16. The van der Waals surface area contributed by atoms with Crippen LogP contribution in [0.2, 0.25) is 0 Å². The van der Waals surface area contributed by atoms with Crippen molar-refractivity contribution in [3.8, 4) is 0 Å². The van der Waals surface area contributed by atoms with Gasteiger partial charge in [-0.3, -0.25) is 4.79 Å². The van der Waals surface area contributed by atoms with Crippen LogP contribution in [0.5, 0.6) is 0 Å². The lowest BCUT2D eigenvalue weighted by Crippen LogP contribution is -2.34. The van der Waals surface area contributed by atoms with Crippen molar-refractivity contribution in [2.45, 2.75) is 18.8 Å². The van der Waals surface area contributed by atoms with Crippen LogP contribution in [-0.2, 0) is 10.2 Å². The SMILES string of the molecule is C[C@@]1(c2ccccc2)C[C@H]2C=C[C@H]1C=CC2=O. The van der Waals surface area contributed by atoms with Gasteiger partial charge >= 0.3 is 0 Å². The third kappa shape index (κ3) is 1.57. The number of allylic oxidation sites excluding steroid dienone is 4. The van der Waals surface area contributed by atoms with E-state index in [1.165, 1.54) is 5.56 Å². The molecule has 0 spiro atoms. The van der Waals surface area contributed by atoms with Gasteiger partial charge in [0, 0.05) is 17.3 Å². The van der Waals surface area contributed by atoms with Gasteiger partial charge in [-0.2, -0.15) is 0 Å². The molecule has 1 aromatic carbocycles. The molecule has 0 N–H and O–H groups in total. The molecule has 2 bridgehead atoms. The van der Waals surface area contributed by atoms with E-state index in [9.17, 15) is 4.79 Å². The quantitative estimate of drug-likeness (QED) is 0.669. The molecular formula is C16H16O. The molecule has 0 aromatic heterocycles. The highest BCUT2D eigenvalue weighted by Gasteiger charge is 2.41. The van der Waals surface area contributed by atoms with Crippen molar-refractivity contribution in [2.75, 3.05) is 0 Å². The van der Waals surface area contributed by atoms with Gasteiger partial charge in [0.15, 0.2) is 5.78 Å². The molecule has 1 aromatic rings. The summed E-state index contributed by atoms with van der Waals surface area (Å²) in [6.45, 7) is 2.27. The van der Waals surface area contributed by atoms with Crippen molar-refractivity contribution < 1.29 is 4.79 Å². The van der Waals surface area contributed by atoms with E-state index in [0.717, 1.165) is 6.42 Å². The first kappa shape index (κ1) is 10.5. The fourth-order valence-electron chi connectivity index (χ4n) is 3.05. The van der Waals surface area contributed by atoms with E-state index in [1.807, 2.05) is 6.07 Å². The van der Waals surface area contributed by atoms with E-state index >= 15 is 0 Å². The molecule has 4 rings (SSSR count). The molecule has 86 valence electrons. The highest BCUT2D eigenvalue weighted by molar-refractivity contribution is 5.94. The van der Waals surface area contributed by atoms with Gasteiger partial charge in [-0.1, -0.05) is 55.5 Å². The first-order chi connectivity index (χ1) is 8.20. The van der Waals surface area contributed by atoms with Crippen molar-refractivity contribution in [1.82, 2.24) is 0 Å². The van der Waals surface area contributed by atoms with E-state index in [4.69, 9.17) is 0 Å². The van der Waals surface area contributed by atoms with Crippen LogP contribution in [0.25, 0.3) is 0 Å². The molecule has 0 saturated heterocycles. The molecule has 3 aliphatic carbocycles. The Labute approximate surface area is 102 Å². The number of carbonyl (C=O) groups excluding carboxylic acids is 1. The Morgan fingerprint density at radius 2 is 1.88 bits per heavy atom. The topological polar surface area (TPSA) is 17.1 Å². The number of fused-ring (bicyclic) bond motifs is 2.